The molecule has 3 heteroatoms. The number of rotatable bonds is 4. The summed E-state index contributed by atoms with van der Waals surface area (Å²) >= 11 is 0. The van der Waals surface area contributed by atoms with Gasteiger partial charge in [0.2, 0.25) is 0 Å². The fourth-order valence-corrected chi connectivity index (χ4v) is 3.38. The lowest BCUT2D eigenvalue weighted by atomic mass is 9.91. The van der Waals surface area contributed by atoms with Gasteiger partial charge in [0.15, 0.2) is 0 Å². The number of phenols is 1. The van der Waals surface area contributed by atoms with Crippen molar-refractivity contribution < 1.29 is 5.11 Å². The van der Waals surface area contributed by atoms with E-state index in [0.29, 0.717) is 5.75 Å². The van der Waals surface area contributed by atoms with Crippen LogP contribution in [0.25, 0.3) is 0 Å². The molecule has 3 nitrogen and oxygen atoms in total. The second kappa shape index (κ2) is 6.49. The van der Waals surface area contributed by atoms with Crippen LogP contribution in [0, 0.1) is 11.8 Å². The molecule has 2 rings (SSSR count). The topological polar surface area (TPSA) is 35.5 Å². The highest BCUT2D eigenvalue weighted by molar-refractivity contribution is 5.54. The molecule has 1 aliphatic heterocycles. The molecule has 0 amide bonds. The second-order valence-corrected chi connectivity index (χ2v) is 6.37. The van der Waals surface area contributed by atoms with E-state index in [0.717, 1.165) is 42.7 Å². The van der Waals surface area contributed by atoms with Crippen molar-refractivity contribution in [2.24, 2.45) is 11.8 Å². The van der Waals surface area contributed by atoms with Crippen LogP contribution in [0.3, 0.4) is 0 Å². The van der Waals surface area contributed by atoms with Crippen LogP contribution >= 0.6 is 0 Å². The number of phenolic OH excluding ortho intramolecular Hbond substituents is 1. The monoisotopic (exact) mass is 276 g/mol. The van der Waals surface area contributed by atoms with E-state index in [2.05, 4.69) is 50.0 Å². The summed E-state index contributed by atoms with van der Waals surface area (Å²) in [5.41, 5.74) is 2.13. The molecule has 0 bridgehead atoms. The maximum absolute atomic E-state index is 10.3. The van der Waals surface area contributed by atoms with Crippen LogP contribution in [-0.4, -0.2) is 24.7 Å². The van der Waals surface area contributed by atoms with Crippen LogP contribution in [0.5, 0.6) is 5.75 Å². The minimum absolute atomic E-state index is 0.188. The number of hydrogen-bond acceptors (Lipinski definition) is 3. The fourth-order valence-electron chi connectivity index (χ4n) is 3.38. The van der Waals surface area contributed by atoms with Gasteiger partial charge in [-0.05, 0) is 37.8 Å². The number of nitrogens with zero attached hydrogens (tertiary/aromatic N) is 1. The zero-order valence-corrected chi connectivity index (χ0v) is 13.2. The van der Waals surface area contributed by atoms with E-state index < -0.39 is 0 Å². The highest BCUT2D eigenvalue weighted by Crippen LogP contribution is 2.32. The highest BCUT2D eigenvalue weighted by Gasteiger charge is 2.22. The summed E-state index contributed by atoms with van der Waals surface area (Å²) in [5.74, 6) is 1.85. The maximum Gasteiger partial charge on any atom is 0.122 e. The molecule has 2 N–H and O–H groups in total. The van der Waals surface area contributed by atoms with Crippen molar-refractivity contribution in [3.63, 3.8) is 0 Å². The summed E-state index contributed by atoms with van der Waals surface area (Å²) in [6.07, 6.45) is 1.30. The summed E-state index contributed by atoms with van der Waals surface area (Å²) in [5, 5.41) is 13.6. The Balaban J connectivity index is 2.16. The number of nitrogens with one attached hydrogen (secondary N) is 1. The smallest absolute Gasteiger partial charge is 0.122 e. The van der Waals surface area contributed by atoms with E-state index in [1.54, 1.807) is 0 Å². The van der Waals surface area contributed by atoms with Gasteiger partial charge in [-0.1, -0.05) is 26.8 Å². The molecule has 1 saturated heterocycles. The molecule has 1 heterocycles. The van der Waals surface area contributed by atoms with Gasteiger partial charge in [-0.15, -0.1) is 0 Å². The van der Waals surface area contributed by atoms with Gasteiger partial charge < -0.3 is 15.3 Å². The van der Waals surface area contributed by atoms with E-state index in [4.69, 9.17) is 0 Å². The average molecular weight is 276 g/mol. The van der Waals surface area contributed by atoms with Gasteiger partial charge in [0, 0.05) is 36.4 Å². The van der Waals surface area contributed by atoms with Crippen molar-refractivity contribution in [3.05, 3.63) is 23.8 Å². The molecular formula is C17H28N2O. The quantitative estimate of drug-likeness (QED) is 0.883. The predicted octanol–water partition coefficient (Wildman–Crippen LogP) is 3.55. The number of anilines is 1. The summed E-state index contributed by atoms with van der Waals surface area (Å²) in [7, 11) is 0. The predicted molar refractivity (Wildman–Crippen MR) is 85.4 cm³/mol. The lowest BCUT2D eigenvalue weighted by Crippen LogP contribution is -2.38. The van der Waals surface area contributed by atoms with Crippen molar-refractivity contribution in [2.75, 3.05) is 24.5 Å². The Morgan fingerprint density at radius 1 is 1.30 bits per heavy atom. The number of benzene rings is 1. The van der Waals surface area contributed by atoms with Crippen LogP contribution in [-0.2, 0) is 0 Å². The molecule has 3 atom stereocenters. The molecule has 1 fully saturated rings. The molecule has 1 aromatic carbocycles. The molecule has 0 radical (unpaired) electrons. The molecule has 0 saturated carbocycles. The van der Waals surface area contributed by atoms with Gasteiger partial charge in [0.1, 0.15) is 5.75 Å². The first-order chi connectivity index (χ1) is 9.51. The van der Waals surface area contributed by atoms with Crippen LogP contribution < -0.4 is 10.2 Å². The Morgan fingerprint density at radius 2 is 1.95 bits per heavy atom. The van der Waals surface area contributed by atoms with E-state index in [1.165, 1.54) is 6.42 Å². The number of hydrogen-bond donors (Lipinski definition) is 2. The van der Waals surface area contributed by atoms with E-state index >= 15 is 0 Å². The third kappa shape index (κ3) is 3.45. The molecule has 0 aliphatic carbocycles. The van der Waals surface area contributed by atoms with E-state index in [9.17, 15) is 5.11 Å². The summed E-state index contributed by atoms with van der Waals surface area (Å²) in [6, 6.07) is 6.32. The lowest BCUT2D eigenvalue weighted by molar-refractivity contribution is 0.356. The number of aromatic hydroxyl groups is 1. The minimum Gasteiger partial charge on any atom is -0.508 e. The molecule has 0 aromatic heterocycles. The van der Waals surface area contributed by atoms with Crippen LogP contribution in [0.4, 0.5) is 5.69 Å². The fraction of sp³-hybridized carbons (Fsp3) is 0.647. The SMILES string of the molecule is CCNC(C)c1ccc(N2CC(C)CC(C)C2)cc1O. The molecule has 20 heavy (non-hydrogen) atoms. The van der Waals surface area contributed by atoms with E-state index in [1.807, 2.05) is 6.07 Å². The Kier molecular flexibility index (Phi) is 4.92. The molecular weight excluding hydrogens is 248 g/mol. The minimum atomic E-state index is 0.188. The first-order valence-corrected chi connectivity index (χ1v) is 7.82. The summed E-state index contributed by atoms with van der Waals surface area (Å²) in [4.78, 5) is 2.40. The Hall–Kier alpha value is -1.22. The standard InChI is InChI=1S/C17H28N2O/c1-5-18-14(4)16-7-6-15(9-17(16)20)19-10-12(2)8-13(3)11-19/h6-7,9,12-14,18,20H,5,8,10-11H2,1-4H3. The molecule has 1 aliphatic rings. The summed E-state index contributed by atoms with van der Waals surface area (Å²) in [6.45, 7) is 11.9. The highest BCUT2D eigenvalue weighted by atomic mass is 16.3. The van der Waals surface area contributed by atoms with Crippen molar-refractivity contribution in [1.82, 2.24) is 5.32 Å². The Morgan fingerprint density at radius 3 is 2.50 bits per heavy atom. The Labute approximate surface area is 123 Å². The average Bonchev–Trinajstić information content (AvgIpc) is 2.37. The van der Waals surface area contributed by atoms with Gasteiger partial charge >= 0.3 is 0 Å². The molecule has 1 aromatic rings. The third-order valence-electron chi connectivity index (χ3n) is 4.22. The van der Waals surface area contributed by atoms with Crippen LogP contribution in [0.15, 0.2) is 18.2 Å². The Bertz CT molecular complexity index is 437. The van der Waals surface area contributed by atoms with Gasteiger partial charge in [0.25, 0.3) is 0 Å². The molecule has 0 spiro atoms. The largest absolute Gasteiger partial charge is 0.508 e. The van der Waals surface area contributed by atoms with Gasteiger partial charge in [-0.25, -0.2) is 0 Å². The maximum atomic E-state index is 10.3. The molecule has 112 valence electrons. The van der Waals surface area contributed by atoms with E-state index in [-0.39, 0.29) is 6.04 Å². The van der Waals surface area contributed by atoms with Gasteiger partial charge in [-0.3, -0.25) is 0 Å². The zero-order valence-electron chi connectivity index (χ0n) is 13.2. The zero-order chi connectivity index (χ0) is 14.7. The van der Waals surface area contributed by atoms with Crippen molar-refractivity contribution in [1.29, 1.82) is 0 Å². The summed E-state index contributed by atoms with van der Waals surface area (Å²) < 4.78 is 0. The van der Waals surface area contributed by atoms with Crippen LogP contribution in [0.1, 0.15) is 45.7 Å². The second-order valence-electron chi connectivity index (χ2n) is 6.37. The molecule has 3 unspecified atom stereocenters. The van der Waals surface area contributed by atoms with Crippen molar-refractivity contribution in [3.8, 4) is 5.75 Å². The van der Waals surface area contributed by atoms with Gasteiger partial charge in [-0.2, -0.15) is 0 Å². The number of piperidine rings is 1. The third-order valence-corrected chi connectivity index (χ3v) is 4.22. The normalized spacial score (nSPS) is 24.7. The van der Waals surface area contributed by atoms with Crippen LogP contribution in [0.2, 0.25) is 0 Å². The van der Waals surface area contributed by atoms with Gasteiger partial charge in [0.05, 0.1) is 0 Å². The van der Waals surface area contributed by atoms with Crippen molar-refractivity contribution >= 4 is 5.69 Å². The first-order valence-electron chi connectivity index (χ1n) is 7.82. The lowest BCUT2D eigenvalue weighted by Gasteiger charge is -2.36. The van der Waals surface area contributed by atoms with Crippen molar-refractivity contribution in [2.45, 2.75) is 40.2 Å². The first kappa shape index (κ1) is 15.2.